The minimum Gasteiger partial charge on any atom is -0.480 e. The molecule has 1 aromatic carbocycles. The van der Waals surface area contributed by atoms with Gasteiger partial charge in [0.05, 0.1) is 0 Å². The molecule has 0 amide bonds. The number of nitrogens with one attached hydrogen (secondary N) is 1. The van der Waals surface area contributed by atoms with Crippen LogP contribution in [0.3, 0.4) is 0 Å². The number of anilines is 1. The molecule has 4 heteroatoms. The Balaban J connectivity index is 2.93. The lowest BCUT2D eigenvalue weighted by molar-refractivity contribution is -0.138. The smallest absolute Gasteiger partial charge is 0.326 e. The van der Waals surface area contributed by atoms with Crippen LogP contribution >= 0.6 is 11.6 Å². The van der Waals surface area contributed by atoms with E-state index in [1.54, 1.807) is 12.1 Å². The minimum atomic E-state index is -0.852. The molecule has 1 aromatic rings. The molecule has 0 fully saturated rings. The number of carboxylic acids is 1. The molecular weight excluding hydrogens is 226 g/mol. The van der Waals surface area contributed by atoms with Gasteiger partial charge in [-0.3, -0.25) is 0 Å². The number of rotatable bonds is 4. The van der Waals surface area contributed by atoms with Crippen molar-refractivity contribution in [1.29, 1.82) is 0 Å². The van der Waals surface area contributed by atoms with Crippen LogP contribution in [-0.2, 0) is 4.79 Å². The fourth-order valence-corrected chi connectivity index (χ4v) is 1.60. The average Bonchev–Trinajstić information content (AvgIpc) is 2.18. The van der Waals surface area contributed by atoms with Crippen LogP contribution in [0.2, 0.25) is 5.02 Å². The van der Waals surface area contributed by atoms with Crippen LogP contribution in [-0.4, -0.2) is 17.1 Å². The Morgan fingerprint density at radius 3 is 2.56 bits per heavy atom. The maximum absolute atomic E-state index is 11.0. The van der Waals surface area contributed by atoms with Gasteiger partial charge in [-0.05, 0) is 30.5 Å². The quantitative estimate of drug-likeness (QED) is 0.851. The van der Waals surface area contributed by atoms with Gasteiger partial charge in [-0.2, -0.15) is 0 Å². The lowest BCUT2D eigenvalue weighted by Gasteiger charge is -2.20. The second-order valence-electron chi connectivity index (χ2n) is 4.16. The van der Waals surface area contributed by atoms with Crippen molar-refractivity contribution in [2.75, 3.05) is 5.32 Å². The number of hydrogen-bond donors (Lipinski definition) is 2. The summed E-state index contributed by atoms with van der Waals surface area (Å²) in [6, 6.07) is 4.80. The predicted molar refractivity (Wildman–Crippen MR) is 66.1 cm³/mol. The fourth-order valence-electron chi connectivity index (χ4n) is 1.43. The Kier molecular flexibility index (Phi) is 4.19. The summed E-state index contributed by atoms with van der Waals surface area (Å²) >= 11 is 5.87. The summed E-state index contributed by atoms with van der Waals surface area (Å²) in [7, 11) is 0. The molecule has 0 spiro atoms. The van der Waals surface area contributed by atoms with Gasteiger partial charge < -0.3 is 10.4 Å². The zero-order valence-electron chi connectivity index (χ0n) is 9.62. The molecule has 2 N–H and O–H groups in total. The van der Waals surface area contributed by atoms with E-state index in [1.807, 2.05) is 26.8 Å². The highest BCUT2D eigenvalue weighted by atomic mass is 35.5. The number of carboxylic acid groups (broad SMARTS) is 1. The van der Waals surface area contributed by atoms with E-state index < -0.39 is 12.0 Å². The molecule has 16 heavy (non-hydrogen) atoms. The Morgan fingerprint density at radius 2 is 2.06 bits per heavy atom. The third kappa shape index (κ3) is 3.14. The van der Waals surface area contributed by atoms with Gasteiger partial charge in [0.15, 0.2) is 0 Å². The summed E-state index contributed by atoms with van der Waals surface area (Å²) in [5.41, 5.74) is 1.75. The molecular formula is C12H16ClNO2. The van der Waals surface area contributed by atoms with Gasteiger partial charge in [0.25, 0.3) is 0 Å². The number of aryl methyl sites for hydroxylation is 1. The number of aliphatic carboxylic acids is 1. The number of halogens is 1. The van der Waals surface area contributed by atoms with E-state index >= 15 is 0 Å². The van der Waals surface area contributed by atoms with Gasteiger partial charge in [0.1, 0.15) is 6.04 Å². The van der Waals surface area contributed by atoms with Crippen LogP contribution in [0, 0.1) is 12.8 Å². The molecule has 3 nitrogen and oxygen atoms in total. The Labute approximate surface area is 100 Å². The topological polar surface area (TPSA) is 49.3 Å². The maximum atomic E-state index is 11.0. The number of hydrogen-bond acceptors (Lipinski definition) is 2. The molecule has 0 radical (unpaired) electrons. The molecule has 0 aromatic heterocycles. The summed E-state index contributed by atoms with van der Waals surface area (Å²) in [6.07, 6.45) is 0. The number of carbonyl (C=O) groups is 1. The van der Waals surface area contributed by atoms with Gasteiger partial charge in [0.2, 0.25) is 0 Å². The summed E-state index contributed by atoms with van der Waals surface area (Å²) in [6.45, 7) is 5.65. The first-order valence-corrected chi connectivity index (χ1v) is 5.55. The van der Waals surface area contributed by atoms with Crippen LogP contribution in [0.15, 0.2) is 18.2 Å². The van der Waals surface area contributed by atoms with Crippen molar-refractivity contribution < 1.29 is 9.90 Å². The zero-order valence-corrected chi connectivity index (χ0v) is 10.4. The number of benzene rings is 1. The van der Waals surface area contributed by atoms with E-state index in [1.165, 1.54) is 0 Å². The van der Waals surface area contributed by atoms with Crippen molar-refractivity contribution >= 4 is 23.3 Å². The Morgan fingerprint density at radius 1 is 1.44 bits per heavy atom. The second-order valence-corrected chi connectivity index (χ2v) is 4.60. The molecule has 0 heterocycles. The summed E-state index contributed by atoms with van der Waals surface area (Å²) < 4.78 is 0. The molecule has 0 aliphatic heterocycles. The van der Waals surface area contributed by atoms with Crippen molar-refractivity contribution in [1.82, 2.24) is 0 Å². The summed E-state index contributed by atoms with van der Waals surface area (Å²) in [4.78, 5) is 11.0. The molecule has 0 aliphatic carbocycles. The van der Waals surface area contributed by atoms with Gasteiger partial charge in [0, 0.05) is 10.7 Å². The largest absolute Gasteiger partial charge is 0.480 e. The van der Waals surface area contributed by atoms with E-state index in [0.717, 1.165) is 11.3 Å². The van der Waals surface area contributed by atoms with E-state index in [9.17, 15) is 4.79 Å². The molecule has 1 unspecified atom stereocenters. The highest BCUT2D eigenvalue weighted by molar-refractivity contribution is 6.30. The monoisotopic (exact) mass is 241 g/mol. The van der Waals surface area contributed by atoms with Gasteiger partial charge in [-0.25, -0.2) is 4.79 Å². The van der Waals surface area contributed by atoms with Crippen LogP contribution in [0.5, 0.6) is 0 Å². The van der Waals surface area contributed by atoms with Crippen LogP contribution in [0.4, 0.5) is 5.69 Å². The SMILES string of the molecule is Cc1ccc(Cl)cc1NC(C(=O)O)C(C)C. The first-order chi connectivity index (χ1) is 7.41. The van der Waals surface area contributed by atoms with Crippen LogP contribution in [0.25, 0.3) is 0 Å². The van der Waals surface area contributed by atoms with Crippen LogP contribution in [0.1, 0.15) is 19.4 Å². The zero-order chi connectivity index (χ0) is 12.3. The van der Waals surface area contributed by atoms with Crippen molar-refractivity contribution in [2.24, 2.45) is 5.92 Å². The summed E-state index contributed by atoms with van der Waals surface area (Å²) in [5, 5.41) is 12.7. The highest BCUT2D eigenvalue weighted by Crippen LogP contribution is 2.22. The molecule has 88 valence electrons. The fraction of sp³-hybridized carbons (Fsp3) is 0.417. The van der Waals surface area contributed by atoms with Crippen molar-refractivity contribution in [3.63, 3.8) is 0 Å². The molecule has 0 saturated heterocycles. The molecule has 1 atom stereocenters. The van der Waals surface area contributed by atoms with Crippen LogP contribution < -0.4 is 5.32 Å². The van der Waals surface area contributed by atoms with Gasteiger partial charge >= 0.3 is 5.97 Å². The van der Waals surface area contributed by atoms with Crippen molar-refractivity contribution in [3.05, 3.63) is 28.8 Å². The molecule has 1 rings (SSSR count). The molecule has 0 aliphatic rings. The average molecular weight is 242 g/mol. The Hall–Kier alpha value is -1.22. The van der Waals surface area contributed by atoms with Crippen molar-refractivity contribution in [3.8, 4) is 0 Å². The third-order valence-corrected chi connectivity index (χ3v) is 2.68. The lowest BCUT2D eigenvalue weighted by Crippen LogP contribution is -2.34. The highest BCUT2D eigenvalue weighted by Gasteiger charge is 2.21. The normalized spacial score (nSPS) is 12.6. The molecule has 0 saturated carbocycles. The van der Waals surface area contributed by atoms with E-state index in [-0.39, 0.29) is 5.92 Å². The van der Waals surface area contributed by atoms with Gasteiger partial charge in [-0.15, -0.1) is 0 Å². The first kappa shape index (κ1) is 12.8. The first-order valence-electron chi connectivity index (χ1n) is 5.17. The van der Waals surface area contributed by atoms with E-state index in [2.05, 4.69) is 5.32 Å². The van der Waals surface area contributed by atoms with Gasteiger partial charge in [-0.1, -0.05) is 31.5 Å². The predicted octanol–water partition coefficient (Wildman–Crippen LogP) is 3.17. The summed E-state index contributed by atoms with van der Waals surface area (Å²) in [5.74, 6) is -0.842. The Bertz CT molecular complexity index is 391. The molecule has 0 bridgehead atoms. The third-order valence-electron chi connectivity index (χ3n) is 2.44. The second kappa shape index (κ2) is 5.21. The van der Waals surface area contributed by atoms with E-state index in [0.29, 0.717) is 5.02 Å². The standard InChI is InChI=1S/C12H16ClNO2/c1-7(2)11(12(15)16)14-10-6-9(13)5-4-8(10)3/h4-7,11,14H,1-3H3,(H,15,16). The minimum absolute atomic E-state index is 0.0101. The van der Waals surface area contributed by atoms with E-state index in [4.69, 9.17) is 16.7 Å². The maximum Gasteiger partial charge on any atom is 0.326 e. The lowest BCUT2D eigenvalue weighted by atomic mass is 10.0. The van der Waals surface area contributed by atoms with Crippen molar-refractivity contribution in [2.45, 2.75) is 26.8 Å².